The van der Waals surface area contributed by atoms with Crippen molar-refractivity contribution in [3.63, 3.8) is 0 Å². The molecule has 0 amide bonds. The summed E-state index contributed by atoms with van der Waals surface area (Å²) in [7, 11) is 0. The summed E-state index contributed by atoms with van der Waals surface area (Å²) in [6.45, 7) is 15.8. The van der Waals surface area contributed by atoms with E-state index in [1.165, 1.54) is 71.6 Å². The SMILES string of the molecule is CC(C)(C)c1[c-]c2c(cc1)-c1ccc(C(C)(C)C)cc1C2.Cc1c[cH-]c2ccc(-c3cccc4ccccc34)cc12.[CH3-].[CH3-].[Zr+4]. The van der Waals surface area contributed by atoms with Gasteiger partial charge in [-0.15, -0.1) is 34.0 Å². The first kappa shape index (κ1) is 35.3. The van der Waals surface area contributed by atoms with Crippen LogP contribution in [0.25, 0.3) is 43.8 Å². The molecule has 44 heavy (non-hydrogen) atoms. The summed E-state index contributed by atoms with van der Waals surface area (Å²) in [5.74, 6) is 0. The van der Waals surface area contributed by atoms with Gasteiger partial charge in [-0.05, 0) is 50.3 Å². The second kappa shape index (κ2) is 13.5. The van der Waals surface area contributed by atoms with Crippen molar-refractivity contribution in [1.82, 2.24) is 0 Å². The smallest absolute Gasteiger partial charge is 0.358 e. The van der Waals surface area contributed by atoms with Gasteiger partial charge in [0.15, 0.2) is 0 Å². The van der Waals surface area contributed by atoms with Crippen molar-refractivity contribution in [1.29, 1.82) is 0 Å². The van der Waals surface area contributed by atoms with Crippen LogP contribution in [0.4, 0.5) is 0 Å². The minimum atomic E-state index is 0. The topological polar surface area (TPSA) is 0 Å². The normalized spacial score (nSPS) is 11.8. The van der Waals surface area contributed by atoms with E-state index >= 15 is 0 Å². The van der Waals surface area contributed by atoms with Gasteiger partial charge in [0.25, 0.3) is 0 Å². The molecule has 0 bridgehead atoms. The van der Waals surface area contributed by atoms with Crippen molar-refractivity contribution < 1.29 is 26.2 Å². The summed E-state index contributed by atoms with van der Waals surface area (Å²) in [6.07, 6.45) is 1.03. The quantitative estimate of drug-likeness (QED) is 0.155. The molecule has 0 saturated heterocycles. The Morgan fingerprint density at radius 2 is 1.36 bits per heavy atom. The summed E-state index contributed by atoms with van der Waals surface area (Å²) >= 11 is 0. The largest absolute Gasteiger partial charge is 4.00 e. The monoisotopic (exact) mass is 652 g/mol. The van der Waals surface area contributed by atoms with Crippen LogP contribution in [0.15, 0.2) is 103 Å². The molecule has 0 N–H and O–H groups in total. The summed E-state index contributed by atoms with van der Waals surface area (Å²) < 4.78 is 0. The van der Waals surface area contributed by atoms with Crippen LogP contribution in [0, 0.1) is 27.8 Å². The Balaban J connectivity index is 0.000000225. The molecule has 0 atom stereocenters. The minimum absolute atomic E-state index is 0. The fraction of sp³-hybridized carbons (Fsp3) is 0.233. The first-order valence-corrected chi connectivity index (χ1v) is 14.8. The van der Waals surface area contributed by atoms with Gasteiger partial charge in [-0.3, -0.25) is 0 Å². The molecular weight excluding hydrogens is 608 g/mol. The van der Waals surface area contributed by atoms with Gasteiger partial charge in [0.05, 0.1) is 0 Å². The molecule has 0 fully saturated rings. The molecule has 0 spiro atoms. The van der Waals surface area contributed by atoms with Crippen LogP contribution in [0.3, 0.4) is 0 Å². The van der Waals surface area contributed by atoms with E-state index in [1.807, 2.05) is 0 Å². The van der Waals surface area contributed by atoms with Crippen molar-refractivity contribution in [3.05, 3.63) is 152 Å². The second-order valence-corrected chi connectivity index (χ2v) is 13.7. The molecule has 222 valence electrons. The molecule has 1 aliphatic rings. The molecule has 6 aromatic rings. The zero-order valence-corrected chi connectivity index (χ0v) is 30.5. The molecule has 0 unspecified atom stereocenters. The molecule has 6 aromatic carbocycles. The van der Waals surface area contributed by atoms with Gasteiger partial charge < -0.3 is 14.9 Å². The number of benzene rings is 5. The Morgan fingerprint density at radius 3 is 2.09 bits per heavy atom. The number of hydrogen-bond acceptors (Lipinski definition) is 0. The summed E-state index contributed by atoms with van der Waals surface area (Å²) in [5.41, 5.74) is 12.7. The van der Waals surface area contributed by atoms with E-state index in [4.69, 9.17) is 0 Å². The zero-order valence-electron chi connectivity index (χ0n) is 28.0. The fourth-order valence-electron chi connectivity index (χ4n) is 6.02. The average Bonchev–Trinajstić information content (AvgIpc) is 3.51. The zero-order chi connectivity index (χ0) is 28.9. The molecular formula is C43H46Zr. The number of hydrogen-bond donors (Lipinski definition) is 0. The molecule has 0 aliphatic heterocycles. The van der Waals surface area contributed by atoms with Crippen LogP contribution in [0.2, 0.25) is 0 Å². The summed E-state index contributed by atoms with van der Waals surface area (Å²) in [4.78, 5) is 0. The second-order valence-electron chi connectivity index (χ2n) is 13.7. The molecule has 1 aliphatic carbocycles. The summed E-state index contributed by atoms with van der Waals surface area (Å²) in [6, 6.07) is 41.4. The van der Waals surface area contributed by atoms with Gasteiger partial charge in [-0.25, -0.2) is 0 Å². The van der Waals surface area contributed by atoms with E-state index in [0.717, 1.165) is 6.42 Å². The van der Waals surface area contributed by atoms with Gasteiger partial charge in [0.1, 0.15) is 0 Å². The molecule has 0 saturated carbocycles. The van der Waals surface area contributed by atoms with Crippen LogP contribution in [-0.4, -0.2) is 0 Å². The number of aryl methyl sites for hydroxylation is 1. The van der Waals surface area contributed by atoms with Crippen LogP contribution in [0.5, 0.6) is 0 Å². The van der Waals surface area contributed by atoms with Crippen molar-refractivity contribution in [2.45, 2.75) is 65.7 Å². The predicted octanol–water partition coefficient (Wildman–Crippen LogP) is 12.2. The van der Waals surface area contributed by atoms with E-state index in [1.54, 1.807) is 0 Å². The van der Waals surface area contributed by atoms with Crippen molar-refractivity contribution in [2.75, 3.05) is 0 Å². The Morgan fingerprint density at radius 1 is 0.659 bits per heavy atom. The standard InChI is InChI=1S/C21H25.C20H15.2CH3.Zr/c1-20(2,3)16-7-9-18-14(12-16)11-15-13-17(21(4,5)6)8-10-19(15)18;1-14-9-10-16-11-12-17(13-20(14)16)19-8-4-6-15-5-2-3-7-18(15)19;;;/h7-10,12H,11H2,1-6H3;2-13H,1H3;2*1H3;/q4*-1;+4. The van der Waals surface area contributed by atoms with Crippen LogP contribution in [-0.2, 0) is 43.5 Å². The molecule has 0 nitrogen and oxygen atoms in total. The Labute approximate surface area is 286 Å². The maximum Gasteiger partial charge on any atom is 4.00 e. The molecule has 0 aromatic heterocycles. The van der Waals surface area contributed by atoms with E-state index < -0.39 is 0 Å². The first-order valence-electron chi connectivity index (χ1n) is 14.8. The van der Waals surface area contributed by atoms with Gasteiger partial charge >= 0.3 is 26.2 Å². The van der Waals surface area contributed by atoms with E-state index in [0.29, 0.717) is 0 Å². The number of rotatable bonds is 1. The van der Waals surface area contributed by atoms with Crippen LogP contribution < -0.4 is 0 Å². The summed E-state index contributed by atoms with van der Waals surface area (Å²) in [5, 5.41) is 5.30. The molecule has 0 radical (unpaired) electrons. The average molecular weight is 654 g/mol. The van der Waals surface area contributed by atoms with E-state index in [-0.39, 0.29) is 51.9 Å². The third kappa shape index (κ3) is 6.90. The minimum Gasteiger partial charge on any atom is -0.358 e. The molecule has 0 heterocycles. The van der Waals surface area contributed by atoms with Crippen molar-refractivity contribution in [2.24, 2.45) is 0 Å². The Hall–Kier alpha value is -3.15. The maximum absolute atomic E-state index is 3.67. The third-order valence-electron chi connectivity index (χ3n) is 8.56. The first-order chi connectivity index (χ1) is 19.5. The molecule has 1 heteroatoms. The third-order valence-corrected chi connectivity index (χ3v) is 8.56. The van der Waals surface area contributed by atoms with Crippen molar-refractivity contribution in [3.8, 4) is 22.3 Å². The van der Waals surface area contributed by atoms with Gasteiger partial charge in [0, 0.05) is 0 Å². The van der Waals surface area contributed by atoms with Gasteiger partial charge in [-0.1, -0.05) is 127 Å². The Kier molecular flexibility index (Phi) is 10.8. The Bertz CT molecular complexity index is 1820. The van der Waals surface area contributed by atoms with Gasteiger partial charge in [-0.2, -0.15) is 35.4 Å². The van der Waals surface area contributed by atoms with E-state index in [9.17, 15) is 0 Å². The van der Waals surface area contributed by atoms with Gasteiger partial charge in [0.2, 0.25) is 0 Å². The molecule has 7 rings (SSSR count). The maximum atomic E-state index is 3.67. The fourth-order valence-corrected chi connectivity index (χ4v) is 6.02. The van der Waals surface area contributed by atoms with Crippen molar-refractivity contribution >= 4 is 21.5 Å². The predicted molar refractivity (Wildman–Crippen MR) is 191 cm³/mol. The van der Waals surface area contributed by atoms with E-state index in [2.05, 4.69) is 158 Å². The number of fused-ring (bicyclic) bond motifs is 5. The van der Waals surface area contributed by atoms with Crippen LogP contribution >= 0.6 is 0 Å². The van der Waals surface area contributed by atoms with Crippen LogP contribution in [0.1, 0.15) is 69.4 Å².